The maximum absolute atomic E-state index is 12.7. The number of carbonyl (C=O) groups is 2. The maximum Gasteiger partial charge on any atom is 0.295 e. The lowest BCUT2D eigenvalue weighted by molar-refractivity contribution is -0.122. The Morgan fingerprint density at radius 1 is 0.903 bits per heavy atom. The molecule has 0 spiro atoms. The normalized spacial score (nSPS) is 16.3. The van der Waals surface area contributed by atoms with E-state index in [-0.39, 0.29) is 24.6 Å². The van der Waals surface area contributed by atoms with Crippen LogP contribution in [0.4, 0.5) is 10.5 Å². The fraction of sp³-hybridized carbons (Fsp3) is 0.0833. The molecule has 154 valence electrons. The molecule has 3 aromatic rings. The number of hydrogen-bond acceptors (Lipinski definition) is 6. The first-order valence-electron chi connectivity index (χ1n) is 9.72. The van der Waals surface area contributed by atoms with E-state index in [4.69, 9.17) is 9.47 Å². The third-order valence-corrected chi connectivity index (χ3v) is 5.91. The third kappa shape index (κ3) is 4.00. The van der Waals surface area contributed by atoms with Gasteiger partial charge in [-0.3, -0.25) is 14.5 Å². The van der Waals surface area contributed by atoms with Crippen molar-refractivity contribution in [2.24, 2.45) is 0 Å². The molecule has 0 unspecified atom stereocenters. The van der Waals surface area contributed by atoms with Crippen molar-refractivity contribution in [3.05, 3.63) is 83.3 Å². The van der Waals surface area contributed by atoms with Gasteiger partial charge in [0.15, 0.2) is 11.5 Å². The number of thioether (sulfide) groups is 1. The van der Waals surface area contributed by atoms with Gasteiger partial charge in [0.2, 0.25) is 6.79 Å². The summed E-state index contributed by atoms with van der Waals surface area (Å²) in [7, 11) is 0. The molecule has 3 aromatic carbocycles. The molecule has 2 heterocycles. The highest BCUT2D eigenvalue weighted by Crippen LogP contribution is 2.36. The number of anilines is 1. The van der Waals surface area contributed by atoms with E-state index in [1.54, 1.807) is 18.2 Å². The maximum atomic E-state index is 12.7. The van der Waals surface area contributed by atoms with Gasteiger partial charge in [-0.2, -0.15) is 0 Å². The van der Waals surface area contributed by atoms with Crippen molar-refractivity contribution in [2.45, 2.75) is 0 Å². The van der Waals surface area contributed by atoms with Crippen molar-refractivity contribution in [3.8, 4) is 22.6 Å². The Hall–Kier alpha value is -3.71. The van der Waals surface area contributed by atoms with Crippen LogP contribution in [-0.2, 0) is 4.79 Å². The van der Waals surface area contributed by atoms with Crippen LogP contribution in [0, 0.1) is 0 Å². The van der Waals surface area contributed by atoms with E-state index in [9.17, 15) is 9.59 Å². The number of benzene rings is 3. The summed E-state index contributed by atoms with van der Waals surface area (Å²) in [6.45, 7) is 0.293. The molecule has 0 atom stereocenters. The molecular weight excluding hydrogens is 412 g/mol. The van der Waals surface area contributed by atoms with Gasteiger partial charge in [0.25, 0.3) is 11.1 Å². The van der Waals surface area contributed by atoms with Crippen LogP contribution in [0.5, 0.6) is 11.5 Å². The second-order valence-corrected chi connectivity index (χ2v) is 7.99. The van der Waals surface area contributed by atoms with Gasteiger partial charge in [-0.15, -0.1) is 0 Å². The minimum atomic E-state index is -0.318. The minimum Gasteiger partial charge on any atom is -0.454 e. The average Bonchev–Trinajstić information content (AvgIpc) is 3.37. The standard InChI is InChI=1S/C24H18N2O4S/c27-23-22(13-16-6-11-20-21(12-16)30-15-29-20)31-24(28)26(23)14-25-19-9-7-18(8-10-19)17-4-2-1-3-5-17/h1-13,25H,14-15H2/b22-13+. The average molecular weight is 430 g/mol. The van der Waals surface area contributed by atoms with Crippen LogP contribution in [0.3, 0.4) is 0 Å². The third-order valence-electron chi connectivity index (χ3n) is 5.00. The van der Waals surface area contributed by atoms with Crippen molar-refractivity contribution in [3.63, 3.8) is 0 Å². The summed E-state index contributed by atoms with van der Waals surface area (Å²) in [5.41, 5.74) is 3.84. The van der Waals surface area contributed by atoms with Gasteiger partial charge < -0.3 is 14.8 Å². The van der Waals surface area contributed by atoms with Crippen molar-refractivity contribution in [1.29, 1.82) is 0 Å². The summed E-state index contributed by atoms with van der Waals surface area (Å²) < 4.78 is 10.7. The second-order valence-electron chi connectivity index (χ2n) is 7.00. The Kier molecular flexibility index (Phi) is 5.09. The quantitative estimate of drug-likeness (QED) is 0.562. The molecule has 6 nitrogen and oxygen atoms in total. The number of rotatable bonds is 5. The predicted molar refractivity (Wildman–Crippen MR) is 121 cm³/mol. The number of fused-ring (bicyclic) bond motifs is 1. The van der Waals surface area contributed by atoms with E-state index in [0.29, 0.717) is 16.4 Å². The van der Waals surface area contributed by atoms with Crippen LogP contribution in [0.2, 0.25) is 0 Å². The van der Waals surface area contributed by atoms with Gasteiger partial charge in [0.1, 0.15) is 0 Å². The Bertz CT molecular complexity index is 1180. The van der Waals surface area contributed by atoms with Gasteiger partial charge in [-0.25, -0.2) is 0 Å². The summed E-state index contributed by atoms with van der Waals surface area (Å²) in [4.78, 5) is 26.7. The summed E-state index contributed by atoms with van der Waals surface area (Å²) in [5, 5.41) is 2.85. The molecule has 1 N–H and O–H groups in total. The van der Waals surface area contributed by atoms with Crippen LogP contribution < -0.4 is 14.8 Å². The fourth-order valence-electron chi connectivity index (χ4n) is 3.37. The number of imide groups is 1. The lowest BCUT2D eigenvalue weighted by Gasteiger charge is -2.14. The lowest BCUT2D eigenvalue weighted by Crippen LogP contribution is -2.33. The van der Waals surface area contributed by atoms with Gasteiger partial charge in [0.05, 0.1) is 11.6 Å². The van der Waals surface area contributed by atoms with E-state index in [1.807, 2.05) is 48.5 Å². The highest BCUT2D eigenvalue weighted by Gasteiger charge is 2.34. The van der Waals surface area contributed by atoms with E-state index in [2.05, 4.69) is 17.4 Å². The number of ether oxygens (including phenoxy) is 2. The molecule has 0 saturated carbocycles. The molecule has 2 aliphatic rings. The van der Waals surface area contributed by atoms with Gasteiger partial charge in [0, 0.05) is 5.69 Å². The summed E-state index contributed by atoms with van der Waals surface area (Å²) in [6, 6.07) is 23.4. The summed E-state index contributed by atoms with van der Waals surface area (Å²) >= 11 is 0.931. The van der Waals surface area contributed by atoms with Crippen molar-refractivity contribution in [2.75, 3.05) is 18.8 Å². The van der Waals surface area contributed by atoms with E-state index >= 15 is 0 Å². The second kappa shape index (κ2) is 8.20. The van der Waals surface area contributed by atoms with Crippen molar-refractivity contribution in [1.82, 2.24) is 4.90 Å². The molecule has 0 aromatic heterocycles. The van der Waals surface area contributed by atoms with Crippen molar-refractivity contribution >= 4 is 34.7 Å². The molecular formula is C24H18N2O4S. The number of hydrogen-bond donors (Lipinski definition) is 1. The minimum absolute atomic E-state index is 0.105. The van der Waals surface area contributed by atoms with Gasteiger partial charge in [-0.05, 0) is 58.8 Å². The largest absolute Gasteiger partial charge is 0.454 e. The molecule has 5 rings (SSSR count). The van der Waals surface area contributed by atoms with E-state index < -0.39 is 0 Å². The SMILES string of the molecule is O=C1S/C(=C/c2ccc3c(c2)OCO3)C(=O)N1CNc1ccc(-c2ccccc2)cc1. The molecule has 0 radical (unpaired) electrons. The topological polar surface area (TPSA) is 67.9 Å². The molecule has 2 aliphatic heterocycles. The zero-order chi connectivity index (χ0) is 21.2. The van der Waals surface area contributed by atoms with Gasteiger partial charge >= 0.3 is 0 Å². The number of nitrogens with one attached hydrogen (secondary N) is 1. The van der Waals surface area contributed by atoms with Crippen LogP contribution >= 0.6 is 11.8 Å². The molecule has 2 amide bonds. The molecule has 31 heavy (non-hydrogen) atoms. The zero-order valence-electron chi connectivity index (χ0n) is 16.4. The first kappa shape index (κ1) is 19.3. The number of amides is 2. The zero-order valence-corrected chi connectivity index (χ0v) is 17.2. The predicted octanol–water partition coefficient (Wildman–Crippen LogP) is 5.19. The molecule has 1 saturated heterocycles. The Morgan fingerprint density at radius 2 is 1.65 bits per heavy atom. The van der Waals surface area contributed by atoms with Crippen LogP contribution in [0.15, 0.2) is 77.7 Å². The Balaban J connectivity index is 1.25. The highest BCUT2D eigenvalue weighted by molar-refractivity contribution is 8.18. The smallest absolute Gasteiger partial charge is 0.295 e. The number of carbonyl (C=O) groups excluding carboxylic acids is 2. The first-order valence-corrected chi connectivity index (χ1v) is 10.5. The first-order chi connectivity index (χ1) is 15.2. The van der Waals surface area contributed by atoms with E-state index in [1.165, 1.54) is 4.90 Å². The van der Waals surface area contributed by atoms with Gasteiger partial charge in [-0.1, -0.05) is 48.5 Å². The fourth-order valence-corrected chi connectivity index (χ4v) is 4.21. The monoisotopic (exact) mass is 430 g/mol. The molecule has 0 aliphatic carbocycles. The van der Waals surface area contributed by atoms with E-state index in [0.717, 1.165) is 34.1 Å². The van der Waals surface area contributed by atoms with Crippen LogP contribution in [0.1, 0.15) is 5.56 Å². The summed E-state index contributed by atoms with van der Waals surface area (Å²) in [6.07, 6.45) is 1.70. The summed E-state index contributed by atoms with van der Waals surface area (Å²) in [5.74, 6) is 0.988. The lowest BCUT2D eigenvalue weighted by atomic mass is 10.1. The van der Waals surface area contributed by atoms with Crippen LogP contribution in [-0.4, -0.2) is 29.5 Å². The van der Waals surface area contributed by atoms with Crippen molar-refractivity contribution < 1.29 is 19.1 Å². The number of nitrogens with zero attached hydrogens (tertiary/aromatic N) is 1. The molecule has 1 fully saturated rings. The van der Waals surface area contributed by atoms with Crippen LogP contribution in [0.25, 0.3) is 17.2 Å². The Labute approximate surface area is 183 Å². The Morgan fingerprint density at radius 3 is 2.45 bits per heavy atom. The molecule has 7 heteroatoms. The highest BCUT2D eigenvalue weighted by atomic mass is 32.2. The molecule has 0 bridgehead atoms.